The van der Waals surface area contributed by atoms with Crippen molar-refractivity contribution in [2.75, 3.05) is 0 Å². The summed E-state index contributed by atoms with van der Waals surface area (Å²) in [7, 11) is 2.07. The Morgan fingerprint density at radius 3 is 2.49 bits per heavy atom. The molecule has 0 saturated heterocycles. The second-order valence-corrected chi connectivity index (χ2v) is 11.7. The summed E-state index contributed by atoms with van der Waals surface area (Å²) in [6.45, 7) is 2.05. The Kier molecular flexibility index (Phi) is 5.94. The first-order valence-corrected chi connectivity index (χ1v) is 13.9. The number of fused-ring (bicyclic) bond motifs is 1. The van der Waals surface area contributed by atoms with E-state index >= 15 is 0 Å². The van der Waals surface area contributed by atoms with Crippen LogP contribution < -0.4 is 5.32 Å². The van der Waals surface area contributed by atoms with E-state index in [1.54, 1.807) is 0 Å². The molecule has 3 aliphatic carbocycles. The number of rotatable bonds is 7. The summed E-state index contributed by atoms with van der Waals surface area (Å²) in [5.41, 5.74) is 6.19. The smallest absolute Gasteiger partial charge is 0.223 e. The number of aromatic nitrogens is 2. The fourth-order valence-electron chi connectivity index (χ4n) is 6.39. The molecule has 1 N–H and O–H groups in total. The van der Waals surface area contributed by atoms with E-state index in [1.807, 2.05) is 6.92 Å². The summed E-state index contributed by atoms with van der Waals surface area (Å²) in [4.78, 5) is 17.9. The molecular formula is C31H39N3O. The van der Waals surface area contributed by atoms with Crippen LogP contribution in [-0.2, 0) is 11.8 Å². The predicted molar refractivity (Wildman–Crippen MR) is 142 cm³/mol. The van der Waals surface area contributed by atoms with Crippen LogP contribution in [0.2, 0.25) is 0 Å². The van der Waals surface area contributed by atoms with Crippen molar-refractivity contribution >= 4 is 16.9 Å². The van der Waals surface area contributed by atoms with Crippen molar-refractivity contribution < 1.29 is 4.79 Å². The van der Waals surface area contributed by atoms with Crippen LogP contribution in [0.15, 0.2) is 42.5 Å². The van der Waals surface area contributed by atoms with Gasteiger partial charge in [-0.25, -0.2) is 4.98 Å². The van der Waals surface area contributed by atoms with Crippen molar-refractivity contribution in [2.45, 2.75) is 89.0 Å². The maximum absolute atomic E-state index is 13.2. The molecule has 1 heterocycles. The first-order valence-electron chi connectivity index (χ1n) is 13.9. The average Bonchev–Trinajstić information content (AvgIpc) is 3.55. The number of hydrogen-bond acceptors (Lipinski definition) is 2. The Hall–Kier alpha value is -2.62. The lowest BCUT2D eigenvalue weighted by Crippen LogP contribution is -2.42. The van der Waals surface area contributed by atoms with Crippen molar-refractivity contribution in [1.82, 2.24) is 14.9 Å². The van der Waals surface area contributed by atoms with Crippen LogP contribution in [-0.4, -0.2) is 21.0 Å². The third-order valence-corrected chi connectivity index (χ3v) is 9.36. The monoisotopic (exact) mass is 469 g/mol. The minimum Gasteiger partial charge on any atom is -0.350 e. The minimum absolute atomic E-state index is 0.147. The zero-order chi connectivity index (χ0) is 24.0. The van der Waals surface area contributed by atoms with E-state index < -0.39 is 0 Å². The molecule has 2 aromatic carbocycles. The molecule has 0 spiro atoms. The van der Waals surface area contributed by atoms with Crippen LogP contribution in [0, 0.1) is 18.8 Å². The number of benzene rings is 2. The number of carbonyl (C=O) groups excluding carboxylic acids is 1. The fraction of sp³-hybridized carbons (Fsp3) is 0.548. The zero-order valence-electron chi connectivity index (χ0n) is 21.4. The van der Waals surface area contributed by atoms with E-state index in [1.165, 1.54) is 73.6 Å². The van der Waals surface area contributed by atoms with Gasteiger partial charge in [0.05, 0.1) is 11.0 Å². The van der Waals surface area contributed by atoms with E-state index in [-0.39, 0.29) is 11.5 Å². The Morgan fingerprint density at radius 1 is 1.03 bits per heavy atom. The molecule has 0 aliphatic heterocycles. The molecule has 3 aromatic rings. The Morgan fingerprint density at radius 2 is 1.77 bits per heavy atom. The Balaban J connectivity index is 1.09. The number of aryl methyl sites for hydroxylation is 2. The molecular weight excluding hydrogens is 430 g/mol. The Bertz CT molecular complexity index is 1220. The number of nitrogens with one attached hydrogen (secondary N) is 1. The molecule has 4 nitrogen and oxygen atoms in total. The summed E-state index contributed by atoms with van der Waals surface area (Å²) in [5.74, 6) is 2.95. The average molecular weight is 470 g/mol. The highest BCUT2D eigenvalue weighted by atomic mass is 16.2. The van der Waals surface area contributed by atoms with E-state index in [0.717, 1.165) is 36.5 Å². The third kappa shape index (κ3) is 4.64. The van der Waals surface area contributed by atoms with E-state index in [2.05, 4.69) is 59.4 Å². The van der Waals surface area contributed by atoms with Gasteiger partial charge in [0.25, 0.3) is 0 Å². The molecule has 0 radical (unpaired) electrons. The molecule has 6 rings (SSSR count). The molecule has 2 unspecified atom stereocenters. The van der Waals surface area contributed by atoms with Gasteiger partial charge in [-0.15, -0.1) is 0 Å². The van der Waals surface area contributed by atoms with Gasteiger partial charge in [-0.2, -0.15) is 0 Å². The molecule has 3 fully saturated rings. The Labute approximate surface area is 209 Å². The van der Waals surface area contributed by atoms with Gasteiger partial charge in [-0.3, -0.25) is 4.79 Å². The standard InChI is InChI=1S/C31H39N3O/c1-21-32-28-20-26(13-14-29(28)34(21)2)24-11-9-23(10-12-24)25-7-4-8-27(19-25)30(35)33-31(17-18-31)16-15-22-5-3-6-22/h9-14,20,22,25,27H,3-8,15-19H2,1-2H3,(H,33,35). The summed E-state index contributed by atoms with van der Waals surface area (Å²) >= 11 is 0. The van der Waals surface area contributed by atoms with Crippen LogP contribution in [0.1, 0.15) is 87.9 Å². The van der Waals surface area contributed by atoms with Crippen LogP contribution in [0.3, 0.4) is 0 Å². The second kappa shape index (κ2) is 9.11. The van der Waals surface area contributed by atoms with E-state index in [4.69, 9.17) is 4.98 Å². The van der Waals surface area contributed by atoms with Gasteiger partial charge in [0.2, 0.25) is 5.91 Å². The summed E-state index contributed by atoms with van der Waals surface area (Å²) < 4.78 is 2.14. The highest BCUT2D eigenvalue weighted by Crippen LogP contribution is 2.44. The summed E-state index contributed by atoms with van der Waals surface area (Å²) in [6, 6.07) is 15.6. The van der Waals surface area contributed by atoms with Gasteiger partial charge < -0.3 is 9.88 Å². The first-order chi connectivity index (χ1) is 17.0. The lowest BCUT2D eigenvalue weighted by Gasteiger charge is -2.31. The number of imidazole rings is 1. The van der Waals surface area contributed by atoms with Gasteiger partial charge in [0, 0.05) is 18.5 Å². The molecule has 0 bridgehead atoms. The lowest BCUT2D eigenvalue weighted by molar-refractivity contribution is -0.127. The highest BCUT2D eigenvalue weighted by molar-refractivity contribution is 5.83. The number of hydrogen-bond donors (Lipinski definition) is 1. The van der Waals surface area contributed by atoms with Crippen molar-refractivity contribution in [3.8, 4) is 11.1 Å². The van der Waals surface area contributed by atoms with Crippen molar-refractivity contribution in [3.63, 3.8) is 0 Å². The second-order valence-electron chi connectivity index (χ2n) is 11.7. The molecule has 3 saturated carbocycles. The lowest BCUT2D eigenvalue weighted by atomic mass is 9.77. The van der Waals surface area contributed by atoms with Crippen LogP contribution >= 0.6 is 0 Å². The van der Waals surface area contributed by atoms with Crippen molar-refractivity contribution in [2.24, 2.45) is 18.9 Å². The minimum atomic E-state index is 0.147. The SMILES string of the molecule is Cc1nc2cc(-c3ccc(C4CCCC(C(=O)NC5(CCC6CCC6)CC5)C4)cc3)ccc2n1C. The molecule has 2 atom stereocenters. The number of carbonyl (C=O) groups is 1. The van der Waals surface area contributed by atoms with Crippen LogP contribution in [0.5, 0.6) is 0 Å². The van der Waals surface area contributed by atoms with Crippen LogP contribution in [0.25, 0.3) is 22.2 Å². The molecule has 184 valence electrons. The molecule has 3 aliphatic rings. The summed E-state index contributed by atoms with van der Waals surface area (Å²) in [5, 5.41) is 3.52. The van der Waals surface area contributed by atoms with Crippen molar-refractivity contribution in [3.05, 3.63) is 53.9 Å². The van der Waals surface area contributed by atoms with Gasteiger partial charge in [-0.1, -0.05) is 56.0 Å². The van der Waals surface area contributed by atoms with Gasteiger partial charge in [-0.05, 0) is 92.5 Å². The fourth-order valence-corrected chi connectivity index (χ4v) is 6.39. The first kappa shape index (κ1) is 22.8. The largest absolute Gasteiger partial charge is 0.350 e. The molecule has 35 heavy (non-hydrogen) atoms. The molecule has 1 aromatic heterocycles. The topological polar surface area (TPSA) is 46.9 Å². The third-order valence-electron chi connectivity index (χ3n) is 9.36. The van der Waals surface area contributed by atoms with E-state index in [0.29, 0.717) is 11.8 Å². The van der Waals surface area contributed by atoms with Crippen LogP contribution in [0.4, 0.5) is 0 Å². The van der Waals surface area contributed by atoms with Gasteiger partial charge >= 0.3 is 0 Å². The predicted octanol–water partition coefficient (Wildman–Crippen LogP) is 7.05. The van der Waals surface area contributed by atoms with Gasteiger partial charge in [0.1, 0.15) is 5.82 Å². The molecule has 1 amide bonds. The number of amides is 1. The van der Waals surface area contributed by atoms with Crippen molar-refractivity contribution in [1.29, 1.82) is 0 Å². The van der Waals surface area contributed by atoms with Gasteiger partial charge in [0.15, 0.2) is 0 Å². The maximum atomic E-state index is 13.2. The highest BCUT2D eigenvalue weighted by Gasteiger charge is 2.45. The quantitative estimate of drug-likeness (QED) is 0.403. The normalized spacial score (nSPS) is 23.7. The van der Waals surface area contributed by atoms with E-state index in [9.17, 15) is 4.79 Å². The number of nitrogens with zero attached hydrogens (tertiary/aromatic N) is 2. The zero-order valence-corrected chi connectivity index (χ0v) is 21.4. The maximum Gasteiger partial charge on any atom is 0.223 e. The molecule has 4 heteroatoms. The summed E-state index contributed by atoms with van der Waals surface area (Å²) in [6.07, 6.45) is 13.5.